The average Bonchev–Trinajstić information content (AvgIpc) is 2.53. The van der Waals surface area contributed by atoms with Gasteiger partial charge >= 0.3 is 0 Å². The van der Waals surface area contributed by atoms with E-state index in [1.807, 2.05) is 0 Å². The quantitative estimate of drug-likeness (QED) is 0.428. The van der Waals surface area contributed by atoms with E-state index in [-0.39, 0.29) is 24.0 Å². The fraction of sp³-hybridized carbons (Fsp3) is 0.611. The monoisotopic (exact) mass is 430 g/mol. The Kier molecular flexibility index (Phi) is 9.55. The number of likely N-dealkylation sites (tertiary alicyclic amines) is 1. The molecular weight excluding hydrogens is 399 g/mol. The van der Waals surface area contributed by atoms with Crippen LogP contribution in [0.1, 0.15) is 44.2 Å². The first kappa shape index (κ1) is 20.2. The van der Waals surface area contributed by atoms with Crippen LogP contribution in [-0.2, 0) is 13.1 Å². The second kappa shape index (κ2) is 10.9. The number of nitrogens with one attached hydrogen (secondary N) is 2. The molecule has 1 fully saturated rings. The van der Waals surface area contributed by atoms with Gasteiger partial charge in [0.2, 0.25) is 0 Å². The van der Waals surface area contributed by atoms with E-state index in [0.29, 0.717) is 6.04 Å². The fourth-order valence-corrected chi connectivity index (χ4v) is 2.79. The molecule has 1 aliphatic heterocycles. The Balaban J connectivity index is 0.00000264. The summed E-state index contributed by atoms with van der Waals surface area (Å²) in [5, 5.41) is 6.64. The molecule has 1 aromatic carbocycles. The van der Waals surface area contributed by atoms with Crippen molar-refractivity contribution in [1.82, 2.24) is 15.5 Å². The highest BCUT2D eigenvalue weighted by molar-refractivity contribution is 14.0. The first-order valence-corrected chi connectivity index (χ1v) is 8.44. The summed E-state index contributed by atoms with van der Waals surface area (Å²) in [6, 6.07) is 9.33. The van der Waals surface area contributed by atoms with Crippen LogP contribution >= 0.6 is 24.0 Å². The van der Waals surface area contributed by atoms with Crippen molar-refractivity contribution in [3.05, 3.63) is 35.4 Å². The largest absolute Gasteiger partial charge is 0.354 e. The fourth-order valence-electron chi connectivity index (χ4n) is 2.79. The zero-order chi connectivity index (χ0) is 15.8. The molecule has 0 atom stereocenters. The smallest absolute Gasteiger partial charge is 0.191 e. The standard InChI is InChI=1S/C18H30N4.HI/c1-15(2)21-18(19-3)20-13-16-7-9-17(10-8-16)14-22-11-5-4-6-12-22;/h7-10,15H,4-6,11-14H2,1-3H3,(H2,19,20,21);1H. The number of guanidine groups is 1. The molecule has 1 aliphatic rings. The summed E-state index contributed by atoms with van der Waals surface area (Å²) < 4.78 is 0. The van der Waals surface area contributed by atoms with Crippen molar-refractivity contribution in [2.24, 2.45) is 4.99 Å². The third-order valence-electron chi connectivity index (χ3n) is 3.99. The Bertz CT molecular complexity index is 464. The van der Waals surface area contributed by atoms with Crippen molar-refractivity contribution in [2.75, 3.05) is 20.1 Å². The van der Waals surface area contributed by atoms with Gasteiger partial charge in [-0.05, 0) is 50.9 Å². The Morgan fingerprint density at radius 2 is 1.70 bits per heavy atom. The Morgan fingerprint density at radius 3 is 2.26 bits per heavy atom. The second-order valence-corrected chi connectivity index (χ2v) is 6.38. The van der Waals surface area contributed by atoms with Gasteiger partial charge in [0.05, 0.1) is 0 Å². The molecule has 0 radical (unpaired) electrons. The molecule has 2 N–H and O–H groups in total. The summed E-state index contributed by atoms with van der Waals surface area (Å²) in [6.45, 7) is 8.62. The van der Waals surface area contributed by atoms with Crippen molar-refractivity contribution in [1.29, 1.82) is 0 Å². The third-order valence-corrected chi connectivity index (χ3v) is 3.99. The van der Waals surface area contributed by atoms with Gasteiger partial charge in [-0.25, -0.2) is 0 Å². The maximum atomic E-state index is 4.23. The van der Waals surface area contributed by atoms with Crippen LogP contribution in [0.25, 0.3) is 0 Å². The first-order valence-electron chi connectivity index (χ1n) is 8.44. The summed E-state index contributed by atoms with van der Waals surface area (Å²) in [5.74, 6) is 0.854. The predicted molar refractivity (Wildman–Crippen MR) is 109 cm³/mol. The van der Waals surface area contributed by atoms with Gasteiger partial charge in [-0.1, -0.05) is 30.7 Å². The molecule has 23 heavy (non-hydrogen) atoms. The van der Waals surface area contributed by atoms with Gasteiger partial charge in [0, 0.05) is 26.2 Å². The molecule has 2 rings (SSSR count). The summed E-state index contributed by atoms with van der Waals surface area (Å²) in [7, 11) is 1.80. The first-order chi connectivity index (χ1) is 10.7. The average molecular weight is 430 g/mol. The number of halogens is 1. The van der Waals surface area contributed by atoms with Crippen LogP contribution in [0.15, 0.2) is 29.3 Å². The van der Waals surface area contributed by atoms with Crippen molar-refractivity contribution in [3.8, 4) is 0 Å². The maximum Gasteiger partial charge on any atom is 0.191 e. The second-order valence-electron chi connectivity index (χ2n) is 6.38. The lowest BCUT2D eigenvalue weighted by atomic mass is 10.1. The van der Waals surface area contributed by atoms with Crippen LogP contribution < -0.4 is 10.6 Å². The van der Waals surface area contributed by atoms with E-state index in [2.05, 4.69) is 58.6 Å². The minimum Gasteiger partial charge on any atom is -0.354 e. The van der Waals surface area contributed by atoms with E-state index in [1.54, 1.807) is 7.05 Å². The summed E-state index contributed by atoms with van der Waals surface area (Å²) in [5.41, 5.74) is 2.70. The SMILES string of the molecule is CN=C(NCc1ccc(CN2CCCCC2)cc1)NC(C)C.I. The Morgan fingerprint density at radius 1 is 1.09 bits per heavy atom. The highest BCUT2D eigenvalue weighted by Crippen LogP contribution is 2.13. The van der Waals surface area contributed by atoms with E-state index in [1.165, 1.54) is 43.5 Å². The van der Waals surface area contributed by atoms with Crippen molar-refractivity contribution < 1.29 is 0 Å². The molecule has 130 valence electrons. The molecule has 4 nitrogen and oxygen atoms in total. The molecule has 0 amide bonds. The number of piperidine rings is 1. The maximum absolute atomic E-state index is 4.23. The molecule has 0 bridgehead atoms. The number of rotatable bonds is 5. The molecule has 0 aromatic heterocycles. The van der Waals surface area contributed by atoms with Crippen LogP contribution in [0.2, 0.25) is 0 Å². The number of nitrogens with zero attached hydrogens (tertiary/aromatic N) is 2. The predicted octanol–water partition coefficient (Wildman–Crippen LogP) is 3.36. The molecule has 1 heterocycles. The number of aliphatic imine (C=N–C) groups is 1. The van der Waals surface area contributed by atoms with Crippen LogP contribution in [0.4, 0.5) is 0 Å². The van der Waals surface area contributed by atoms with Gasteiger partial charge < -0.3 is 10.6 Å². The highest BCUT2D eigenvalue weighted by atomic mass is 127. The zero-order valence-electron chi connectivity index (χ0n) is 14.6. The van der Waals surface area contributed by atoms with Gasteiger partial charge in [0.15, 0.2) is 5.96 Å². The van der Waals surface area contributed by atoms with Gasteiger partial charge in [-0.3, -0.25) is 9.89 Å². The Hall–Kier alpha value is -0.820. The summed E-state index contributed by atoms with van der Waals surface area (Å²) >= 11 is 0. The van der Waals surface area contributed by atoms with Gasteiger partial charge in [0.25, 0.3) is 0 Å². The zero-order valence-corrected chi connectivity index (χ0v) is 17.0. The molecule has 0 unspecified atom stereocenters. The number of benzene rings is 1. The molecular formula is C18H31IN4. The van der Waals surface area contributed by atoms with E-state index < -0.39 is 0 Å². The van der Waals surface area contributed by atoms with E-state index in [4.69, 9.17) is 0 Å². The molecule has 0 saturated carbocycles. The van der Waals surface area contributed by atoms with Crippen molar-refractivity contribution in [3.63, 3.8) is 0 Å². The normalized spacial score (nSPS) is 16.1. The lowest BCUT2D eigenvalue weighted by Crippen LogP contribution is -2.40. The minimum absolute atomic E-state index is 0. The van der Waals surface area contributed by atoms with E-state index in [0.717, 1.165) is 19.0 Å². The van der Waals surface area contributed by atoms with Gasteiger partial charge in [-0.15, -0.1) is 24.0 Å². The number of hydrogen-bond donors (Lipinski definition) is 2. The van der Waals surface area contributed by atoms with Crippen LogP contribution in [0.5, 0.6) is 0 Å². The third kappa shape index (κ3) is 7.52. The Labute approximate surface area is 158 Å². The van der Waals surface area contributed by atoms with Gasteiger partial charge in [-0.2, -0.15) is 0 Å². The van der Waals surface area contributed by atoms with Crippen LogP contribution in [0.3, 0.4) is 0 Å². The topological polar surface area (TPSA) is 39.7 Å². The van der Waals surface area contributed by atoms with E-state index >= 15 is 0 Å². The van der Waals surface area contributed by atoms with Gasteiger partial charge in [0.1, 0.15) is 0 Å². The van der Waals surface area contributed by atoms with Crippen LogP contribution in [-0.4, -0.2) is 37.0 Å². The lowest BCUT2D eigenvalue weighted by Gasteiger charge is -2.26. The van der Waals surface area contributed by atoms with Crippen LogP contribution in [0, 0.1) is 0 Å². The molecule has 0 aliphatic carbocycles. The van der Waals surface area contributed by atoms with E-state index in [9.17, 15) is 0 Å². The molecule has 1 saturated heterocycles. The summed E-state index contributed by atoms with van der Waals surface area (Å²) in [4.78, 5) is 6.79. The number of hydrogen-bond acceptors (Lipinski definition) is 2. The molecule has 0 spiro atoms. The molecule has 1 aromatic rings. The summed E-state index contributed by atoms with van der Waals surface area (Å²) in [6.07, 6.45) is 4.10. The molecule has 5 heteroatoms. The van der Waals surface area contributed by atoms with Crippen molar-refractivity contribution in [2.45, 2.75) is 52.2 Å². The van der Waals surface area contributed by atoms with Crippen molar-refractivity contribution >= 4 is 29.9 Å². The minimum atomic E-state index is 0. The highest BCUT2D eigenvalue weighted by Gasteiger charge is 2.10. The lowest BCUT2D eigenvalue weighted by molar-refractivity contribution is 0.221.